The van der Waals surface area contributed by atoms with Gasteiger partial charge >= 0.3 is 0 Å². The Bertz CT molecular complexity index is 929. The van der Waals surface area contributed by atoms with Crippen LogP contribution >= 0.6 is 12.6 Å². The summed E-state index contributed by atoms with van der Waals surface area (Å²) in [6, 6.07) is 9.12. The smallest absolute Gasteiger partial charge is 0.0175 e. The maximum Gasteiger partial charge on any atom is 0.0175 e. The van der Waals surface area contributed by atoms with E-state index in [1.165, 1.54) is 39.3 Å². The summed E-state index contributed by atoms with van der Waals surface area (Å²) in [5.74, 6) is 0. The first-order valence-electron chi connectivity index (χ1n) is 10.2. The van der Waals surface area contributed by atoms with E-state index < -0.39 is 0 Å². The van der Waals surface area contributed by atoms with Crippen LogP contribution in [0.4, 0.5) is 0 Å². The van der Waals surface area contributed by atoms with Crippen molar-refractivity contribution in [2.24, 2.45) is 5.41 Å². The van der Waals surface area contributed by atoms with Gasteiger partial charge in [-0.3, -0.25) is 0 Å². The highest BCUT2D eigenvalue weighted by Crippen LogP contribution is 2.37. The maximum atomic E-state index is 7.49. The van der Waals surface area contributed by atoms with E-state index in [0.29, 0.717) is 0 Å². The second kappa shape index (κ2) is 8.69. The van der Waals surface area contributed by atoms with E-state index in [9.17, 15) is 0 Å². The molecule has 0 saturated heterocycles. The van der Waals surface area contributed by atoms with Crippen molar-refractivity contribution in [2.75, 3.05) is 0 Å². The molecule has 0 unspecified atom stereocenters. The molecule has 0 radical (unpaired) electrons. The van der Waals surface area contributed by atoms with Crippen molar-refractivity contribution in [2.45, 2.75) is 71.6 Å². The Morgan fingerprint density at radius 2 is 1.71 bits per heavy atom. The van der Waals surface area contributed by atoms with Gasteiger partial charge in [0.15, 0.2) is 0 Å². The normalized spacial score (nSPS) is 13.5. The maximum absolute atomic E-state index is 7.49. The molecule has 0 bridgehead atoms. The van der Waals surface area contributed by atoms with Gasteiger partial charge in [0.2, 0.25) is 0 Å². The number of nitrogens with one attached hydrogen (secondary N) is 1. The fourth-order valence-corrected chi connectivity index (χ4v) is 4.26. The molecule has 0 aromatic heterocycles. The topological polar surface area (TPSA) is 23.9 Å². The van der Waals surface area contributed by atoms with Gasteiger partial charge in [0.1, 0.15) is 0 Å². The molecular formula is C26H35NS. The molecule has 1 nitrogen and oxygen atoms in total. The van der Waals surface area contributed by atoms with Crippen LogP contribution in [-0.2, 0) is 5.41 Å². The van der Waals surface area contributed by atoms with Crippen LogP contribution in [0.25, 0.3) is 16.3 Å². The summed E-state index contributed by atoms with van der Waals surface area (Å²) in [7, 11) is 0. The van der Waals surface area contributed by atoms with Gasteiger partial charge in [-0.25, -0.2) is 0 Å². The fourth-order valence-electron chi connectivity index (χ4n) is 3.76. The van der Waals surface area contributed by atoms with Gasteiger partial charge in [-0.05, 0) is 76.9 Å². The van der Waals surface area contributed by atoms with E-state index in [4.69, 9.17) is 18.0 Å². The average molecular weight is 394 g/mol. The molecule has 0 fully saturated rings. The Hall–Kier alpha value is -1.80. The Labute approximate surface area is 176 Å². The third-order valence-corrected chi connectivity index (χ3v) is 5.94. The number of rotatable bonds is 7. The number of benzene rings is 2. The lowest BCUT2D eigenvalue weighted by Gasteiger charge is -2.27. The summed E-state index contributed by atoms with van der Waals surface area (Å²) >= 11 is 4.80. The Kier molecular flexibility index (Phi) is 6.98. The number of hydrogen-bond donors (Lipinski definition) is 2. The number of aryl methyl sites for hydroxylation is 1. The van der Waals surface area contributed by atoms with Gasteiger partial charge in [-0.15, -0.1) is 12.6 Å². The van der Waals surface area contributed by atoms with Crippen LogP contribution in [0, 0.1) is 17.7 Å². The van der Waals surface area contributed by atoms with Crippen molar-refractivity contribution in [1.82, 2.24) is 0 Å². The van der Waals surface area contributed by atoms with E-state index >= 15 is 0 Å². The lowest BCUT2D eigenvalue weighted by atomic mass is 9.79. The van der Waals surface area contributed by atoms with Crippen LogP contribution in [0.5, 0.6) is 0 Å². The molecule has 150 valence electrons. The highest BCUT2D eigenvalue weighted by atomic mass is 32.1. The molecule has 2 aromatic rings. The minimum Gasteiger partial charge on any atom is -0.312 e. The summed E-state index contributed by atoms with van der Waals surface area (Å²) in [6.45, 7) is 15.3. The molecule has 0 amide bonds. The summed E-state index contributed by atoms with van der Waals surface area (Å²) in [5.41, 5.74) is 5.02. The van der Waals surface area contributed by atoms with Crippen molar-refractivity contribution in [3.63, 3.8) is 0 Å². The number of fused-ring (bicyclic) bond motifs is 1. The van der Waals surface area contributed by atoms with Crippen molar-refractivity contribution < 1.29 is 0 Å². The lowest BCUT2D eigenvalue weighted by Crippen LogP contribution is -2.17. The van der Waals surface area contributed by atoms with Gasteiger partial charge in [0.05, 0.1) is 0 Å². The van der Waals surface area contributed by atoms with Crippen LogP contribution in [0.15, 0.2) is 47.4 Å². The summed E-state index contributed by atoms with van der Waals surface area (Å²) in [5, 5.41) is 10.0. The van der Waals surface area contributed by atoms with Gasteiger partial charge in [-0.1, -0.05) is 65.3 Å². The largest absolute Gasteiger partial charge is 0.312 e. The molecule has 0 aliphatic heterocycles. The zero-order valence-electron chi connectivity index (χ0n) is 18.5. The van der Waals surface area contributed by atoms with Crippen LogP contribution in [-0.4, -0.2) is 6.21 Å². The molecule has 2 rings (SSSR count). The monoisotopic (exact) mass is 393 g/mol. The predicted octanol–water partition coefficient (Wildman–Crippen LogP) is 8.15. The van der Waals surface area contributed by atoms with Gasteiger partial charge < -0.3 is 5.41 Å². The van der Waals surface area contributed by atoms with Crippen LogP contribution in [0.1, 0.15) is 71.1 Å². The molecule has 0 aliphatic carbocycles. The first-order valence-corrected chi connectivity index (χ1v) is 10.6. The molecule has 0 atom stereocenters. The number of thiol groups is 1. The Morgan fingerprint density at radius 3 is 2.32 bits per heavy atom. The standard InChI is InChI=1S/C26H35NS/c1-8-11-26(6,7)23-15-21-14-22(19(3)13-20(21)16-24(23)28)18(2)10-9-12-25(4,5)17-27/h9-10,12-17,27-28H,8,11H2,1-7H3/b12-9-,18-10+,27-17?. The van der Waals surface area contributed by atoms with E-state index in [0.717, 1.165) is 17.7 Å². The molecule has 0 saturated carbocycles. The molecule has 0 spiro atoms. The van der Waals surface area contributed by atoms with E-state index in [-0.39, 0.29) is 10.8 Å². The molecule has 2 aromatic carbocycles. The van der Waals surface area contributed by atoms with Gasteiger partial charge in [-0.2, -0.15) is 0 Å². The molecule has 1 N–H and O–H groups in total. The highest BCUT2D eigenvalue weighted by Gasteiger charge is 2.22. The molecule has 28 heavy (non-hydrogen) atoms. The zero-order valence-corrected chi connectivity index (χ0v) is 19.4. The van der Waals surface area contributed by atoms with E-state index in [2.05, 4.69) is 77.1 Å². The highest BCUT2D eigenvalue weighted by molar-refractivity contribution is 7.80. The molecular weight excluding hydrogens is 358 g/mol. The molecule has 2 heteroatoms. The Morgan fingerprint density at radius 1 is 1.07 bits per heavy atom. The lowest BCUT2D eigenvalue weighted by molar-refractivity contribution is 0.466. The average Bonchev–Trinajstić information content (AvgIpc) is 2.60. The van der Waals surface area contributed by atoms with Crippen LogP contribution < -0.4 is 0 Å². The first kappa shape index (κ1) is 22.5. The number of hydrogen-bond acceptors (Lipinski definition) is 2. The first-order chi connectivity index (χ1) is 13.0. The number of allylic oxidation sites excluding steroid dienone is 4. The summed E-state index contributed by atoms with van der Waals surface area (Å²) in [4.78, 5) is 1.09. The van der Waals surface area contributed by atoms with E-state index in [1.807, 2.05) is 13.8 Å². The Balaban J connectivity index is 2.52. The molecule has 0 aliphatic rings. The second-order valence-corrected chi connectivity index (χ2v) is 9.67. The third kappa shape index (κ3) is 5.17. The van der Waals surface area contributed by atoms with Crippen LogP contribution in [0.2, 0.25) is 0 Å². The van der Waals surface area contributed by atoms with E-state index in [1.54, 1.807) is 0 Å². The van der Waals surface area contributed by atoms with Crippen molar-refractivity contribution in [3.8, 4) is 0 Å². The summed E-state index contributed by atoms with van der Waals surface area (Å²) < 4.78 is 0. The quantitative estimate of drug-likeness (QED) is 0.269. The minimum absolute atomic E-state index is 0.122. The SMILES string of the molecule is CCCC(C)(C)c1cc2cc(/C(C)=C/C=C\C(C)(C)C=N)c(C)cc2cc1S. The van der Waals surface area contributed by atoms with Crippen molar-refractivity contribution in [3.05, 3.63) is 59.2 Å². The predicted molar refractivity (Wildman–Crippen MR) is 129 cm³/mol. The minimum atomic E-state index is -0.210. The molecule has 0 heterocycles. The van der Waals surface area contributed by atoms with Crippen molar-refractivity contribution in [1.29, 1.82) is 5.41 Å². The second-order valence-electron chi connectivity index (χ2n) is 9.19. The van der Waals surface area contributed by atoms with Crippen LogP contribution in [0.3, 0.4) is 0 Å². The van der Waals surface area contributed by atoms with Crippen molar-refractivity contribution >= 4 is 35.2 Å². The third-order valence-electron chi connectivity index (χ3n) is 5.57. The zero-order chi connectivity index (χ0) is 21.1. The van der Waals surface area contributed by atoms with Gasteiger partial charge in [0.25, 0.3) is 0 Å². The van der Waals surface area contributed by atoms with Gasteiger partial charge in [0, 0.05) is 16.5 Å². The fraction of sp³-hybridized carbons (Fsp3) is 0.423. The summed E-state index contributed by atoms with van der Waals surface area (Å²) in [6.07, 6.45) is 10.1.